The first-order chi connectivity index (χ1) is 7.33. The molecule has 0 atom stereocenters. The second-order valence-electron chi connectivity index (χ2n) is 3.07. The summed E-state index contributed by atoms with van der Waals surface area (Å²) in [6, 6.07) is 10.2. The van der Waals surface area contributed by atoms with E-state index in [9.17, 15) is 0 Å². The maximum absolute atomic E-state index is 5.26. The van der Waals surface area contributed by atoms with Gasteiger partial charge in [0.05, 0.1) is 4.88 Å². The van der Waals surface area contributed by atoms with Gasteiger partial charge in [-0.25, -0.2) is 5.10 Å². The maximum atomic E-state index is 5.26. The van der Waals surface area contributed by atoms with Crippen LogP contribution >= 0.6 is 23.6 Å². The fourth-order valence-corrected chi connectivity index (χ4v) is 2.54. The number of nitrogens with zero attached hydrogens (tertiary/aromatic N) is 1. The fourth-order valence-electron chi connectivity index (χ4n) is 1.42. The predicted molar refractivity (Wildman–Crippen MR) is 62.5 cm³/mol. The molecule has 0 aliphatic carbocycles. The van der Waals surface area contributed by atoms with E-state index in [1.165, 1.54) is 10.1 Å². The van der Waals surface area contributed by atoms with Crippen molar-refractivity contribution in [1.29, 1.82) is 0 Å². The van der Waals surface area contributed by atoms with Crippen LogP contribution in [-0.4, -0.2) is 10.2 Å². The minimum absolute atomic E-state index is 0.308. The molecule has 0 fully saturated rings. The molecule has 0 unspecified atom stereocenters. The van der Waals surface area contributed by atoms with Crippen LogP contribution in [0.25, 0.3) is 20.9 Å². The minimum Gasteiger partial charge on any atom is -0.408 e. The molecule has 0 bridgehead atoms. The Kier molecular flexibility index (Phi) is 1.93. The number of aromatic nitrogens is 2. The Morgan fingerprint density at radius 3 is 2.93 bits per heavy atom. The average Bonchev–Trinajstić information content (AvgIpc) is 2.82. The van der Waals surface area contributed by atoms with E-state index in [4.69, 9.17) is 16.6 Å². The normalized spacial score (nSPS) is 10.9. The molecule has 0 radical (unpaired) electrons. The molecule has 0 saturated heterocycles. The van der Waals surface area contributed by atoms with Gasteiger partial charge in [-0.1, -0.05) is 18.2 Å². The van der Waals surface area contributed by atoms with Gasteiger partial charge in [-0.2, -0.15) is 0 Å². The first-order valence-corrected chi connectivity index (χ1v) is 5.60. The summed E-state index contributed by atoms with van der Waals surface area (Å²) in [7, 11) is 0. The number of nitrogens with one attached hydrogen (secondary N) is 1. The molecule has 1 aromatic carbocycles. The third-order valence-corrected chi connectivity index (χ3v) is 3.35. The standard InChI is InChI=1S/C10H6N2OS2/c14-10-12-11-9(13-10)8-5-6-3-1-2-4-7(6)15-8/h1-5H,(H,12,14). The summed E-state index contributed by atoms with van der Waals surface area (Å²) in [6.45, 7) is 0. The highest BCUT2D eigenvalue weighted by Crippen LogP contribution is 2.31. The van der Waals surface area contributed by atoms with Gasteiger partial charge in [0.25, 0.3) is 10.7 Å². The first-order valence-electron chi connectivity index (χ1n) is 4.37. The molecule has 74 valence electrons. The van der Waals surface area contributed by atoms with Crippen molar-refractivity contribution in [2.24, 2.45) is 0 Å². The zero-order chi connectivity index (χ0) is 10.3. The van der Waals surface area contributed by atoms with E-state index in [1.807, 2.05) is 12.1 Å². The number of rotatable bonds is 1. The van der Waals surface area contributed by atoms with Crippen LogP contribution in [-0.2, 0) is 0 Å². The highest BCUT2D eigenvalue weighted by molar-refractivity contribution is 7.71. The number of benzene rings is 1. The maximum Gasteiger partial charge on any atom is 0.284 e. The lowest BCUT2D eigenvalue weighted by Crippen LogP contribution is -1.69. The third kappa shape index (κ3) is 1.49. The van der Waals surface area contributed by atoms with Crippen molar-refractivity contribution in [3.8, 4) is 10.8 Å². The van der Waals surface area contributed by atoms with Gasteiger partial charge >= 0.3 is 0 Å². The molecule has 2 aromatic heterocycles. The molecule has 1 N–H and O–H groups in total. The molecule has 3 nitrogen and oxygen atoms in total. The van der Waals surface area contributed by atoms with Crippen LogP contribution < -0.4 is 0 Å². The quantitative estimate of drug-likeness (QED) is 0.654. The summed E-state index contributed by atoms with van der Waals surface area (Å²) >= 11 is 6.47. The highest BCUT2D eigenvalue weighted by Gasteiger charge is 2.07. The number of hydrogen-bond donors (Lipinski definition) is 1. The molecule has 2 heterocycles. The van der Waals surface area contributed by atoms with Crippen LogP contribution in [0, 0.1) is 4.84 Å². The molecule has 0 saturated carbocycles. The summed E-state index contributed by atoms with van der Waals surface area (Å²) in [5, 5.41) is 7.81. The van der Waals surface area contributed by atoms with Gasteiger partial charge in [-0.3, -0.25) is 0 Å². The Morgan fingerprint density at radius 2 is 2.20 bits per heavy atom. The lowest BCUT2D eigenvalue weighted by molar-refractivity contribution is 0.553. The Hall–Kier alpha value is -1.46. The summed E-state index contributed by atoms with van der Waals surface area (Å²) in [6.07, 6.45) is 0. The van der Waals surface area contributed by atoms with Gasteiger partial charge in [0.15, 0.2) is 0 Å². The van der Waals surface area contributed by atoms with Crippen LogP contribution in [0.2, 0.25) is 0 Å². The van der Waals surface area contributed by atoms with Crippen LogP contribution in [0.3, 0.4) is 0 Å². The van der Waals surface area contributed by atoms with Crippen molar-refractivity contribution in [3.05, 3.63) is 35.2 Å². The Balaban J connectivity index is 2.24. The van der Waals surface area contributed by atoms with E-state index in [-0.39, 0.29) is 0 Å². The van der Waals surface area contributed by atoms with Crippen LogP contribution in [0.1, 0.15) is 0 Å². The van der Waals surface area contributed by atoms with E-state index >= 15 is 0 Å². The number of hydrogen-bond acceptors (Lipinski definition) is 4. The number of thiophene rings is 1. The highest BCUT2D eigenvalue weighted by atomic mass is 32.1. The van der Waals surface area contributed by atoms with Gasteiger partial charge in [0, 0.05) is 4.70 Å². The minimum atomic E-state index is 0.308. The molecule has 5 heteroatoms. The summed E-state index contributed by atoms with van der Waals surface area (Å²) in [5.41, 5.74) is 0. The summed E-state index contributed by atoms with van der Waals surface area (Å²) in [5.74, 6) is 0.557. The van der Waals surface area contributed by atoms with Crippen molar-refractivity contribution in [3.63, 3.8) is 0 Å². The van der Waals surface area contributed by atoms with Gasteiger partial charge in [0.1, 0.15) is 0 Å². The average molecular weight is 234 g/mol. The summed E-state index contributed by atoms with van der Waals surface area (Å²) in [4.78, 5) is 1.30. The van der Waals surface area contributed by atoms with E-state index in [1.54, 1.807) is 11.3 Å². The predicted octanol–water partition coefficient (Wildman–Crippen LogP) is 3.61. The smallest absolute Gasteiger partial charge is 0.284 e. The molecule has 15 heavy (non-hydrogen) atoms. The zero-order valence-electron chi connectivity index (χ0n) is 7.56. The van der Waals surface area contributed by atoms with Gasteiger partial charge in [0.2, 0.25) is 0 Å². The first kappa shape index (κ1) is 8.82. The molecule has 0 amide bonds. The monoisotopic (exact) mass is 234 g/mol. The Morgan fingerprint density at radius 1 is 1.33 bits per heavy atom. The Bertz CT molecular complexity index is 632. The van der Waals surface area contributed by atoms with E-state index in [0.717, 1.165) is 4.88 Å². The molecule has 3 rings (SSSR count). The molecular weight excluding hydrogens is 228 g/mol. The number of fused-ring (bicyclic) bond motifs is 1. The van der Waals surface area contributed by atoms with Gasteiger partial charge in [-0.15, -0.1) is 16.4 Å². The molecule has 0 aliphatic rings. The van der Waals surface area contributed by atoms with E-state index < -0.39 is 0 Å². The van der Waals surface area contributed by atoms with Gasteiger partial charge in [-0.05, 0) is 29.7 Å². The van der Waals surface area contributed by atoms with Gasteiger partial charge < -0.3 is 4.42 Å². The molecule has 0 spiro atoms. The van der Waals surface area contributed by atoms with Crippen molar-refractivity contribution in [2.75, 3.05) is 0 Å². The second kappa shape index (κ2) is 3.29. The SMILES string of the molecule is S=c1[nH]nc(-c2cc3ccccc3s2)o1. The van der Waals surface area contributed by atoms with Crippen LogP contribution in [0.5, 0.6) is 0 Å². The van der Waals surface area contributed by atoms with Crippen molar-refractivity contribution < 1.29 is 4.42 Å². The zero-order valence-corrected chi connectivity index (χ0v) is 9.19. The van der Waals surface area contributed by atoms with Crippen molar-refractivity contribution >= 4 is 33.6 Å². The third-order valence-electron chi connectivity index (χ3n) is 2.07. The lowest BCUT2D eigenvalue weighted by atomic mass is 10.2. The van der Waals surface area contributed by atoms with E-state index in [0.29, 0.717) is 10.7 Å². The lowest BCUT2D eigenvalue weighted by Gasteiger charge is -1.82. The molecule has 0 aliphatic heterocycles. The number of aromatic amines is 1. The van der Waals surface area contributed by atoms with E-state index in [2.05, 4.69) is 28.4 Å². The molecular formula is C10H6N2OS2. The molecule has 3 aromatic rings. The largest absolute Gasteiger partial charge is 0.408 e. The van der Waals surface area contributed by atoms with Crippen LogP contribution in [0.15, 0.2) is 34.7 Å². The Labute approximate surface area is 94.4 Å². The number of H-pyrrole nitrogens is 1. The summed E-state index contributed by atoms with van der Waals surface area (Å²) < 4.78 is 6.48. The van der Waals surface area contributed by atoms with Crippen LogP contribution in [0.4, 0.5) is 0 Å². The van der Waals surface area contributed by atoms with Crippen molar-refractivity contribution in [2.45, 2.75) is 0 Å². The fraction of sp³-hybridized carbons (Fsp3) is 0. The topological polar surface area (TPSA) is 41.8 Å². The van der Waals surface area contributed by atoms with Crippen molar-refractivity contribution in [1.82, 2.24) is 10.2 Å². The second-order valence-corrected chi connectivity index (χ2v) is 4.52.